The van der Waals surface area contributed by atoms with Crippen LogP contribution in [0, 0.1) is 0 Å². The number of nitrogens with zero attached hydrogens (tertiary/aromatic N) is 3. The molecule has 1 aromatic heterocycles. The van der Waals surface area contributed by atoms with Crippen LogP contribution in [0.15, 0.2) is 64.6 Å². The maximum Gasteiger partial charge on any atom is 0.0849 e. The van der Waals surface area contributed by atoms with Gasteiger partial charge in [0.1, 0.15) is 0 Å². The fourth-order valence-electron chi connectivity index (χ4n) is 4.42. The van der Waals surface area contributed by atoms with Gasteiger partial charge in [-0.25, -0.2) is 4.98 Å². The molecule has 0 amide bonds. The summed E-state index contributed by atoms with van der Waals surface area (Å²) in [6.07, 6.45) is 0. The Labute approximate surface area is 244 Å². The second-order valence-corrected chi connectivity index (χ2v) is 15.3. The summed E-state index contributed by atoms with van der Waals surface area (Å²) < 4.78 is 0. The molecule has 0 saturated heterocycles. The lowest BCUT2D eigenvalue weighted by Crippen LogP contribution is -2.16. The van der Waals surface area contributed by atoms with Crippen LogP contribution in [0.5, 0.6) is 0 Å². The highest BCUT2D eigenvalue weighted by atomic mass is 14.8. The number of pyridine rings is 1. The van der Waals surface area contributed by atoms with Crippen LogP contribution < -0.4 is 0 Å². The van der Waals surface area contributed by atoms with E-state index in [0.29, 0.717) is 0 Å². The molecule has 0 spiro atoms. The summed E-state index contributed by atoms with van der Waals surface area (Å²) in [6.45, 7) is 31.1. The zero-order valence-corrected chi connectivity index (χ0v) is 27.5. The maximum atomic E-state index is 5.05. The van der Waals surface area contributed by atoms with Gasteiger partial charge in [0.25, 0.3) is 0 Å². The van der Waals surface area contributed by atoms with Gasteiger partial charge in [0, 0.05) is 0 Å². The number of rotatable bonds is 4. The molecule has 2 aromatic carbocycles. The Bertz CT molecular complexity index is 1250. The molecule has 214 valence electrons. The summed E-state index contributed by atoms with van der Waals surface area (Å²) in [5.74, 6) is 0. The highest BCUT2D eigenvalue weighted by molar-refractivity contribution is 6.02. The van der Waals surface area contributed by atoms with Gasteiger partial charge in [0.05, 0.1) is 34.2 Å². The van der Waals surface area contributed by atoms with Crippen molar-refractivity contribution in [2.45, 2.75) is 119 Å². The van der Waals surface area contributed by atoms with Crippen molar-refractivity contribution in [1.29, 1.82) is 0 Å². The Kier molecular flexibility index (Phi) is 8.71. The lowest BCUT2D eigenvalue weighted by atomic mass is 9.80. The third-order valence-electron chi connectivity index (χ3n) is 7.38. The van der Waals surface area contributed by atoms with E-state index in [0.717, 1.165) is 34.2 Å². The average molecular weight is 538 g/mol. The van der Waals surface area contributed by atoms with Crippen LogP contribution in [-0.4, -0.2) is 16.4 Å². The molecule has 3 aromatic rings. The summed E-state index contributed by atoms with van der Waals surface area (Å²) in [6, 6.07) is 19.6. The van der Waals surface area contributed by atoms with Gasteiger partial charge in [-0.2, -0.15) is 0 Å². The van der Waals surface area contributed by atoms with Crippen LogP contribution in [0.4, 0.5) is 11.4 Å². The third-order valence-corrected chi connectivity index (χ3v) is 7.38. The standard InChI is InChI=1S/C37H51N3/c1-24(38-30-20-26(34(3,4)5)18-27(21-30)35(6,7)8)32-16-15-17-33(40-32)25(2)39-31-22-28(36(9,10)11)19-29(23-31)37(12,13)14/h15-23H,1-14H3. The second-order valence-electron chi connectivity index (χ2n) is 15.3. The summed E-state index contributed by atoms with van der Waals surface area (Å²) in [4.78, 5) is 15.1. The van der Waals surface area contributed by atoms with Gasteiger partial charge in [0.2, 0.25) is 0 Å². The van der Waals surface area contributed by atoms with Crippen molar-refractivity contribution in [3.63, 3.8) is 0 Å². The molecule has 0 unspecified atom stereocenters. The van der Waals surface area contributed by atoms with E-state index in [2.05, 4.69) is 119 Å². The van der Waals surface area contributed by atoms with Crippen LogP contribution in [0.3, 0.4) is 0 Å². The summed E-state index contributed by atoms with van der Waals surface area (Å²) >= 11 is 0. The van der Waals surface area contributed by atoms with E-state index < -0.39 is 0 Å². The van der Waals surface area contributed by atoms with Crippen molar-refractivity contribution in [2.75, 3.05) is 0 Å². The molecule has 3 nitrogen and oxygen atoms in total. The van der Waals surface area contributed by atoms with Crippen molar-refractivity contribution in [2.24, 2.45) is 9.98 Å². The van der Waals surface area contributed by atoms with E-state index in [-0.39, 0.29) is 21.7 Å². The molecule has 3 heteroatoms. The quantitative estimate of drug-likeness (QED) is 0.305. The van der Waals surface area contributed by atoms with Crippen molar-refractivity contribution >= 4 is 22.8 Å². The monoisotopic (exact) mass is 537 g/mol. The topological polar surface area (TPSA) is 37.6 Å². The van der Waals surface area contributed by atoms with Crippen molar-refractivity contribution in [3.8, 4) is 0 Å². The number of aromatic nitrogens is 1. The first-order valence-corrected chi connectivity index (χ1v) is 14.5. The average Bonchev–Trinajstić information content (AvgIpc) is 2.81. The van der Waals surface area contributed by atoms with Gasteiger partial charge in [-0.1, -0.05) is 101 Å². The van der Waals surface area contributed by atoms with E-state index >= 15 is 0 Å². The van der Waals surface area contributed by atoms with Gasteiger partial charge >= 0.3 is 0 Å². The smallest absolute Gasteiger partial charge is 0.0849 e. The number of benzene rings is 2. The van der Waals surface area contributed by atoms with Crippen LogP contribution in [-0.2, 0) is 21.7 Å². The predicted octanol–water partition coefficient (Wildman–Crippen LogP) is 10.6. The molecule has 0 aliphatic rings. The lowest BCUT2D eigenvalue weighted by Gasteiger charge is -2.25. The first-order valence-electron chi connectivity index (χ1n) is 14.5. The molecule has 40 heavy (non-hydrogen) atoms. The first kappa shape index (κ1) is 31.5. The second kappa shape index (κ2) is 11.1. The zero-order chi connectivity index (χ0) is 30.3. The minimum atomic E-state index is 0.0440. The Hall–Kier alpha value is -3.07. The van der Waals surface area contributed by atoms with E-state index in [1.165, 1.54) is 22.3 Å². The van der Waals surface area contributed by atoms with E-state index in [1.807, 2.05) is 32.0 Å². The normalized spacial score (nSPS) is 14.1. The Balaban J connectivity index is 2.04. The van der Waals surface area contributed by atoms with Crippen LogP contribution in [0.2, 0.25) is 0 Å². The number of hydrogen-bond donors (Lipinski definition) is 0. The SMILES string of the molecule is CC(=Nc1cc(C(C)(C)C)cc(C(C)(C)C)c1)c1cccc(C(C)=Nc2cc(C(C)(C)C)cc(C(C)(C)C)c2)n1. The largest absolute Gasteiger partial charge is 0.251 e. The van der Waals surface area contributed by atoms with Gasteiger partial charge < -0.3 is 0 Å². The van der Waals surface area contributed by atoms with E-state index in [9.17, 15) is 0 Å². The molecule has 0 radical (unpaired) electrons. The van der Waals surface area contributed by atoms with Gasteiger partial charge in [-0.15, -0.1) is 0 Å². The van der Waals surface area contributed by atoms with Crippen molar-refractivity contribution < 1.29 is 0 Å². The molecule has 0 aliphatic carbocycles. The first-order chi connectivity index (χ1) is 18.1. The van der Waals surface area contributed by atoms with E-state index in [4.69, 9.17) is 15.0 Å². The Morgan fingerprint density at radius 2 is 0.750 bits per heavy atom. The summed E-state index contributed by atoms with van der Waals surface area (Å²) in [7, 11) is 0. The molecular formula is C37H51N3. The molecule has 0 bridgehead atoms. The van der Waals surface area contributed by atoms with Gasteiger partial charge in [-0.3, -0.25) is 9.98 Å². The molecular weight excluding hydrogens is 486 g/mol. The fraction of sp³-hybridized carbons (Fsp3) is 0.486. The minimum Gasteiger partial charge on any atom is -0.251 e. The van der Waals surface area contributed by atoms with Crippen LogP contribution >= 0.6 is 0 Å². The van der Waals surface area contributed by atoms with Crippen LogP contribution in [0.1, 0.15) is 131 Å². The van der Waals surface area contributed by atoms with Gasteiger partial charge in [0.15, 0.2) is 0 Å². The Morgan fingerprint density at radius 1 is 0.475 bits per heavy atom. The number of aliphatic imine (C=N–C) groups is 2. The summed E-state index contributed by atoms with van der Waals surface area (Å²) in [5.41, 5.74) is 10.8. The van der Waals surface area contributed by atoms with E-state index in [1.54, 1.807) is 0 Å². The molecule has 3 rings (SSSR count). The molecule has 0 atom stereocenters. The molecule has 0 fully saturated rings. The predicted molar refractivity (Wildman–Crippen MR) is 176 cm³/mol. The molecule has 0 saturated carbocycles. The highest BCUT2D eigenvalue weighted by Gasteiger charge is 2.22. The zero-order valence-electron chi connectivity index (χ0n) is 27.5. The van der Waals surface area contributed by atoms with Crippen LogP contribution in [0.25, 0.3) is 0 Å². The lowest BCUT2D eigenvalue weighted by molar-refractivity contribution is 0.568. The van der Waals surface area contributed by atoms with Crippen molar-refractivity contribution in [3.05, 3.63) is 88.2 Å². The fourth-order valence-corrected chi connectivity index (χ4v) is 4.42. The van der Waals surface area contributed by atoms with Gasteiger partial charge in [-0.05, 0) is 94.2 Å². The Morgan fingerprint density at radius 3 is 1.00 bits per heavy atom. The highest BCUT2D eigenvalue weighted by Crippen LogP contribution is 2.34. The molecule has 0 N–H and O–H groups in total. The third kappa shape index (κ3) is 7.99. The summed E-state index contributed by atoms with van der Waals surface area (Å²) in [5, 5.41) is 0. The number of hydrogen-bond acceptors (Lipinski definition) is 3. The maximum absolute atomic E-state index is 5.05. The molecule has 1 heterocycles. The molecule has 0 aliphatic heterocycles. The van der Waals surface area contributed by atoms with Crippen molar-refractivity contribution in [1.82, 2.24) is 4.98 Å². The minimum absolute atomic E-state index is 0.0440.